The van der Waals surface area contributed by atoms with Crippen LogP contribution in [-0.2, 0) is 19.2 Å². The molecule has 0 aliphatic heterocycles. The van der Waals surface area contributed by atoms with Crippen molar-refractivity contribution in [1.29, 1.82) is 0 Å². The van der Waals surface area contributed by atoms with Crippen molar-refractivity contribution in [1.82, 2.24) is 0 Å². The molecular formula is C11H12O4. The van der Waals surface area contributed by atoms with Crippen molar-refractivity contribution in [2.45, 2.75) is 20.3 Å². The third-order valence-corrected chi connectivity index (χ3v) is 3.58. The van der Waals surface area contributed by atoms with Crippen LogP contribution in [0.15, 0.2) is 0 Å². The zero-order valence-corrected chi connectivity index (χ0v) is 8.65. The lowest BCUT2D eigenvalue weighted by Gasteiger charge is -2.43. The van der Waals surface area contributed by atoms with Gasteiger partial charge in [-0.1, -0.05) is 0 Å². The van der Waals surface area contributed by atoms with Crippen LogP contribution in [0.25, 0.3) is 0 Å². The second-order valence-corrected chi connectivity index (χ2v) is 4.43. The lowest BCUT2D eigenvalue weighted by molar-refractivity contribution is -0.154. The molecule has 0 saturated heterocycles. The molecule has 2 fully saturated rings. The number of ketones is 4. The Kier molecular flexibility index (Phi) is 2.10. The van der Waals surface area contributed by atoms with Gasteiger partial charge in [-0.25, -0.2) is 0 Å². The van der Waals surface area contributed by atoms with Gasteiger partial charge in [0.05, 0.1) is 6.42 Å². The third kappa shape index (κ3) is 1.20. The third-order valence-electron chi connectivity index (χ3n) is 3.58. The summed E-state index contributed by atoms with van der Waals surface area (Å²) in [6, 6.07) is 0. The molecule has 2 aliphatic carbocycles. The first-order chi connectivity index (χ1) is 6.95. The summed E-state index contributed by atoms with van der Waals surface area (Å²) in [5.41, 5.74) is 0. The minimum Gasteiger partial charge on any atom is -0.300 e. The lowest BCUT2D eigenvalue weighted by atomic mass is 9.55. The Morgan fingerprint density at radius 3 is 1.53 bits per heavy atom. The molecule has 0 radical (unpaired) electrons. The second kappa shape index (κ2) is 3.08. The molecule has 0 aromatic rings. The van der Waals surface area contributed by atoms with Gasteiger partial charge in [0.15, 0.2) is 0 Å². The van der Waals surface area contributed by atoms with Crippen LogP contribution in [0.5, 0.6) is 0 Å². The van der Waals surface area contributed by atoms with E-state index in [1.54, 1.807) is 0 Å². The van der Waals surface area contributed by atoms with Crippen molar-refractivity contribution < 1.29 is 19.2 Å². The van der Waals surface area contributed by atoms with Crippen LogP contribution in [0.3, 0.4) is 0 Å². The number of Topliss-reactive ketones (excluding diaryl/α,β-unsaturated/α-hetero) is 4. The minimum absolute atomic E-state index is 0.0944. The Morgan fingerprint density at radius 2 is 1.27 bits per heavy atom. The van der Waals surface area contributed by atoms with E-state index in [1.165, 1.54) is 13.8 Å². The van der Waals surface area contributed by atoms with Crippen LogP contribution in [0.4, 0.5) is 0 Å². The average Bonchev–Trinajstić information content (AvgIpc) is 2.19. The summed E-state index contributed by atoms with van der Waals surface area (Å²) >= 11 is 0. The topological polar surface area (TPSA) is 68.3 Å². The SMILES string of the molecule is CC(=O)C1C(C(C)=O)C2C(=O)CC(=O)C12. The summed E-state index contributed by atoms with van der Waals surface area (Å²) in [5, 5.41) is 0. The van der Waals surface area contributed by atoms with E-state index in [-0.39, 0.29) is 29.6 Å². The molecule has 80 valence electrons. The Hall–Kier alpha value is -1.32. The highest BCUT2D eigenvalue weighted by atomic mass is 16.2. The quantitative estimate of drug-likeness (QED) is 0.607. The van der Waals surface area contributed by atoms with E-state index >= 15 is 0 Å². The predicted molar refractivity (Wildman–Crippen MR) is 50.0 cm³/mol. The molecule has 0 aromatic heterocycles. The van der Waals surface area contributed by atoms with E-state index in [4.69, 9.17) is 0 Å². The van der Waals surface area contributed by atoms with Crippen molar-refractivity contribution in [3.05, 3.63) is 0 Å². The molecule has 2 aliphatic rings. The number of carbonyl (C=O) groups is 4. The van der Waals surface area contributed by atoms with Crippen LogP contribution in [-0.4, -0.2) is 23.1 Å². The molecule has 0 bridgehead atoms. The molecule has 0 aromatic carbocycles. The molecule has 4 unspecified atom stereocenters. The number of hydrogen-bond donors (Lipinski definition) is 0. The molecule has 0 N–H and O–H groups in total. The van der Waals surface area contributed by atoms with E-state index in [9.17, 15) is 19.2 Å². The molecule has 0 spiro atoms. The van der Waals surface area contributed by atoms with Crippen LogP contribution in [0.1, 0.15) is 20.3 Å². The van der Waals surface area contributed by atoms with Crippen molar-refractivity contribution >= 4 is 23.1 Å². The normalized spacial score (nSPS) is 38.5. The number of carbonyl (C=O) groups excluding carboxylic acids is 4. The first kappa shape index (κ1) is 10.2. The number of rotatable bonds is 2. The molecule has 4 heteroatoms. The molecule has 4 nitrogen and oxygen atoms in total. The van der Waals surface area contributed by atoms with Crippen LogP contribution < -0.4 is 0 Å². The summed E-state index contributed by atoms with van der Waals surface area (Å²) in [6.07, 6.45) is -0.0944. The van der Waals surface area contributed by atoms with E-state index in [0.717, 1.165) is 0 Å². The molecule has 2 rings (SSSR count). The maximum atomic E-state index is 11.4. The summed E-state index contributed by atoms with van der Waals surface area (Å²) in [4.78, 5) is 45.5. The van der Waals surface area contributed by atoms with Crippen molar-refractivity contribution in [3.8, 4) is 0 Å². The van der Waals surface area contributed by atoms with Crippen molar-refractivity contribution in [3.63, 3.8) is 0 Å². The van der Waals surface area contributed by atoms with Gasteiger partial charge in [0.25, 0.3) is 0 Å². The Labute approximate surface area is 87.0 Å². The Bertz CT molecular complexity index is 346. The summed E-state index contributed by atoms with van der Waals surface area (Å²) in [5.74, 6) is -2.70. The minimum atomic E-state index is -0.536. The monoisotopic (exact) mass is 208 g/mol. The van der Waals surface area contributed by atoms with Gasteiger partial charge in [0.1, 0.15) is 23.1 Å². The van der Waals surface area contributed by atoms with Gasteiger partial charge in [-0.2, -0.15) is 0 Å². The molecule has 0 amide bonds. The smallest absolute Gasteiger partial charge is 0.144 e. The molecule has 0 heterocycles. The second-order valence-electron chi connectivity index (χ2n) is 4.43. The maximum absolute atomic E-state index is 11.4. The average molecular weight is 208 g/mol. The van der Waals surface area contributed by atoms with Gasteiger partial charge in [0, 0.05) is 23.7 Å². The summed E-state index contributed by atoms with van der Waals surface area (Å²) in [6.45, 7) is 2.76. The van der Waals surface area contributed by atoms with E-state index in [2.05, 4.69) is 0 Å². The van der Waals surface area contributed by atoms with Gasteiger partial charge in [0.2, 0.25) is 0 Å². The zero-order chi connectivity index (χ0) is 11.3. The van der Waals surface area contributed by atoms with Crippen LogP contribution in [0.2, 0.25) is 0 Å². The fourth-order valence-electron chi connectivity index (χ4n) is 2.97. The largest absolute Gasteiger partial charge is 0.300 e. The van der Waals surface area contributed by atoms with E-state index < -0.39 is 23.7 Å². The lowest BCUT2D eigenvalue weighted by Crippen LogP contribution is -2.54. The van der Waals surface area contributed by atoms with Gasteiger partial charge < -0.3 is 0 Å². The van der Waals surface area contributed by atoms with Crippen molar-refractivity contribution in [2.24, 2.45) is 23.7 Å². The predicted octanol–water partition coefficient (Wildman–Crippen LogP) is 0.185. The standard InChI is InChI=1S/C11H12O4/c1-4(12)8-9(5(2)13)11-7(15)3-6(14)10(8)11/h8-11H,3H2,1-2H3. The van der Waals surface area contributed by atoms with Crippen LogP contribution >= 0.6 is 0 Å². The zero-order valence-electron chi connectivity index (χ0n) is 8.65. The molecule has 4 atom stereocenters. The molecule has 15 heavy (non-hydrogen) atoms. The number of hydrogen-bond acceptors (Lipinski definition) is 4. The Morgan fingerprint density at radius 1 is 0.933 bits per heavy atom. The van der Waals surface area contributed by atoms with E-state index in [0.29, 0.717) is 0 Å². The van der Waals surface area contributed by atoms with Gasteiger partial charge in [-0.3, -0.25) is 19.2 Å². The molecule has 2 saturated carbocycles. The highest BCUT2D eigenvalue weighted by Crippen LogP contribution is 2.52. The molecular weight excluding hydrogens is 196 g/mol. The van der Waals surface area contributed by atoms with Gasteiger partial charge in [-0.15, -0.1) is 0 Å². The maximum Gasteiger partial charge on any atom is 0.144 e. The highest BCUT2D eigenvalue weighted by Gasteiger charge is 2.63. The van der Waals surface area contributed by atoms with Gasteiger partial charge >= 0.3 is 0 Å². The number of fused-ring (bicyclic) bond motifs is 1. The van der Waals surface area contributed by atoms with Crippen molar-refractivity contribution in [2.75, 3.05) is 0 Å². The fourth-order valence-corrected chi connectivity index (χ4v) is 2.97. The van der Waals surface area contributed by atoms with Gasteiger partial charge in [-0.05, 0) is 13.8 Å². The summed E-state index contributed by atoms with van der Waals surface area (Å²) in [7, 11) is 0. The first-order valence-corrected chi connectivity index (χ1v) is 5.01. The highest BCUT2D eigenvalue weighted by molar-refractivity contribution is 6.15. The fraction of sp³-hybridized carbons (Fsp3) is 0.636. The van der Waals surface area contributed by atoms with Crippen LogP contribution in [0, 0.1) is 23.7 Å². The summed E-state index contributed by atoms with van der Waals surface area (Å²) < 4.78 is 0. The Balaban J connectivity index is 2.34. The van der Waals surface area contributed by atoms with E-state index in [1.807, 2.05) is 0 Å². The first-order valence-electron chi connectivity index (χ1n) is 5.01.